The normalized spacial score (nSPS) is 12.5. The highest BCUT2D eigenvalue weighted by Crippen LogP contribution is 2.31. The molecule has 2 rings (SSSR count). The largest absolute Gasteiger partial charge is 0.307 e. The molecule has 0 aliphatic carbocycles. The van der Waals surface area contributed by atoms with Crippen molar-refractivity contribution >= 4 is 15.9 Å². The average Bonchev–Trinajstić information content (AvgIpc) is 2.45. The zero-order chi connectivity index (χ0) is 15.6. The molecule has 1 N–H and O–H groups in total. The van der Waals surface area contributed by atoms with E-state index in [0.717, 1.165) is 6.54 Å². The number of hydrogen-bond acceptors (Lipinski definition) is 1. The third kappa shape index (κ3) is 3.38. The van der Waals surface area contributed by atoms with E-state index < -0.39 is 0 Å². The summed E-state index contributed by atoms with van der Waals surface area (Å²) in [6.07, 6.45) is 0. The minimum Gasteiger partial charge on any atom is -0.307 e. The van der Waals surface area contributed by atoms with Gasteiger partial charge in [0.2, 0.25) is 0 Å². The van der Waals surface area contributed by atoms with Gasteiger partial charge in [-0.1, -0.05) is 53.2 Å². The van der Waals surface area contributed by atoms with Crippen LogP contribution in [0.1, 0.15) is 46.3 Å². The van der Waals surface area contributed by atoms with Gasteiger partial charge in [0.05, 0.1) is 6.04 Å². The maximum Gasteiger partial charge on any atom is 0.0579 e. The minimum absolute atomic E-state index is 0.250. The van der Waals surface area contributed by atoms with Crippen LogP contribution in [0.3, 0.4) is 0 Å². The van der Waals surface area contributed by atoms with Crippen LogP contribution in [-0.4, -0.2) is 6.54 Å². The Bertz CT molecular complexity index is 623. The Morgan fingerprint density at radius 2 is 1.62 bits per heavy atom. The molecule has 112 valence electrons. The van der Waals surface area contributed by atoms with Gasteiger partial charge < -0.3 is 5.32 Å². The molecular weight excluding hydrogens is 322 g/mol. The molecular formula is C19H24BrN. The van der Waals surface area contributed by atoms with Crippen LogP contribution >= 0.6 is 15.9 Å². The van der Waals surface area contributed by atoms with Gasteiger partial charge in [-0.05, 0) is 67.6 Å². The van der Waals surface area contributed by atoms with Gasteiger partial charge in [-0.25, -0.2) is 0 Å². The Kier molecular flexibility index (Phi) is 5.23. The predicted octanol–water partition coefficient (Wildman–Crippen LogP) is 5.38. The fraction of sp³-hybridized carbons (Fsp3) is 0.368. The fourth-order valence-electron chi connectivity index (χ4n) is 2.84. The van der Waals surface area contributed by atoms with E-state index in [4.69, 9.17) is 0 Å². The van der Waals surface area contributed by atoms with Crippen LogP contribution in [-0.2, 0) is 0 Å². The first kappa shape index (κ1) is 16.3. The molecule has 0 radical (unpaired) electrons. The van der Waals surface area contributed by atoms with E-state index >= 15 is 0 Å². The number of benzene rings is 2. The summed E-state index contributed by atoms with van der Waals surface area (Å²) in [4.78, 5) is 0. The van der Waals surface area contributed by atoms with Crippen molar-refractivity contribution in [3.8, 4) is 0 Å². The van der Waals surface area contributed by atoms with Gasteiger partial charge in [-0.15, -0.1) is 0 Å². The lowest BCUT2D eigenvalue weighted by molar-refractivity contribution is 0.626. The van der Waals surface area contributed by atoms with Crippen molar-refractivity contribution in [1.29, 1.82) is 0 Å². The highest BCUT2D eigenvalue weighted by atomic mass is 79.9. The van der Waals surface area contributed by atoms with Gasteiger partial charge in [-0.3, -0.25) is 0 Å². The average molecular weight is 346 g/mol. The van der Waals surface area contributed by atoms with E-state index in [1.54, 1.807) is 0 Å². The summed E-state index contributed by atoms with van der Waals surface area (Å²) in [5, 5.41) is 3.64. The number of rotatable bonds is 4. The second-order valence-corrected chi connectivity index (χ2v) is 6.54. The third-order valence-electron chi connectivity index (χ3n) is 4.16. The van der Waals surface area contributed by atoms with Gasteiger partial charge >= 0.3 is 0 Å². The summed E-state index contributed by atoms with van der Waals surface area (Å²) in [6.45, 7) is 11.8. The Morgan fingerprint density at radius 3 is 2.19 bits per heavy atom. The van der Waals surface area contributed by atoms with E-state index in [1.807, 2.05) is 0 Å². The summed E-state index contributed by atoms with van der Waals surface area (Å²) in [7, 11) is 0. The SMILES string of the molecule is CCNC(c1cc(C)c(Br)c(C)c1)c1cccc(C)c1C. The molecule has 0 saturated carbocycles. The van der Waals surface area contributed by atoms with E-state index in [2.05, 4.69) is 86.2 Å². The lowest BCUT2D eigenvalue weighted by Gasteiger charge is -2.23. The van der Waals surface area contributed by atoms with Gasteiger partial charge in [0.1, 0.15) is 0 Å². The van der Waals surface area contributed by atoms with Gasteiger partial charge in [0, 0.05) is 4.47 Å². The summed E-state index contributed by atoms with van der Waals surface area (Å²) in [5.74, 6) is 0. The summed E-state index contributed by atoms with van der Waals surface area (Å²) in [5.41, 5.74) is 8.01. The molecule has 1 atom stereocenters. The number of hydrogen-bond donors (Lipinski definition) is 1. The predicted molar refractivity (Wildman–Crippen MR) is 95.1 cm³/mol. The lowest BCUT2D eigenvalue weighted by atomic mass is 9.91. The number of halogens is 1. The van der Waals surface area contributed by atoms with Crippen LogP contribution in [0.25, 0.3) is 0 Å². The minimum atomic E-state index is 0.250. The first-order valence-corrected chi connectivity index (χ1v) is 8.31. The van der Waals surface area contributed by atoms with Crippen LogP contribution in [0.5, 0.6) is 0 Å². The zero-order valence-corrected chi connectivity index (χ0v) is 15.1. The molecule has 1 unspecified atom stereocenters. The Balaban J connectivity index is 2.56. The molecule has 0 heterocycles. The number of aryl methyl sites for hydroxylation is 3. The fourth-order valence-corrected chi connectivity index (χ4v) is 3.07. The van der Waals surface area contributed by atoms with E-state index in [0.29, 0.717) is 0 Å². The summed E-state index contributed by atoms with van der Waals surface area (Å²) in [6, 6.07) is 11.4. The molecule has 0 aliphatic rings. The summed E-state index contributed by atoms with van der Waals surface area (Å²) >= 11 is 3.66. The van der Waals surface area contributed by atoms with Gasteiger partial charge in [0.15, 0.2) is 0 Å². The molecule has 0 bridgehead atoms. The topological polar surface area (TPSA) is 12.0 Å². The van der Waals surface area contributed by atoms with E-state index in [1.165, 1.54) is 37.9 Å². The first-order chi connectivity index (χ1) is 9.95. The molecule has 0 aliphatic heterocycles. The molecule has 0 spiro atoms. The molecule has 2 heteroatoms. The standard InChI is InChI=1S/C19H24BrN/c1-6-21-19(17-9-7-8-12(2)15(17)5)16-10-13(3)18(20)14(4)11-16/h7-11,19,21H,6H2,1-5H3. The highest BCUT2D eigenvalue weighted by molar-refractivity contribution is 9.10. The molecule has 2 aromatic carbocycles. The van der Waals surface area contributed by atoms with Crippen molar-refractivity contribution in [1.82, 2.24) is 5.32 Å². The summed E-state index contributed by atoms with van der Waals surface area (Å²) < 4.78 is 1.21. The molecule has 21 heavy (non-hydrogen) atoms. The van der Waals surface area contributed by atoms with Crippen LogP contribution in [0.4, 0.5) is 0 Å². The Hall–Kier alpha value is -1.12. The Labute approximate surface area is 136 Å². The quantitative estimate of drug-likeness (QED) is 0.783. The maximum atomic E-state index is 3.66. The second kappa shape index (κ2) is 6.76. The lowest BCUT2D eigenvalue weighted by Crippen LogP contribution is -2.23. The van der Waals surface area contributed by atoms with Gasteiger partial charge in [-0.2, -0.15) is 0 Å². The van der Waals surface area contributed by atoms with Crippen molar-refractivity contribution in [2.75, 3.05) is 6.54 Å². The van der Waals surface area contributed by atoms with E-state index in [-0.39, 0.29) is 6.04 Å². The smallest absolute Gasteiger partial charge is 0.0579 e. The molecule has 0 aromatic heterocycles. The van der Waals surface area contributed by atoms with Crippen molar-refractivity contribution in [3.63, 3.8) is 0 Å². The van der Waals surface area contributed by atoms with Crippen molar-refractivity contribution in [3.05, 3.63) is 68.2 Å². The molecule has 1 nitrogen and oxygen atoms in total. The Morgan fingerprint density at radius 1 is 1.00 bits per heavy atom. The highest BCUT2D eigenvalue weighted by Gasteiger charge is 2.17. The molecule has 0 fully saturated rings. The van der Waals surface area contributed by atoms with Crippen molar-refractivity contribution in [2.45, 2.75) is 40.7 Å². The van der Waals surface area contributed by atoms with Crippen LogP contribution < -0.4 is 5.32 Å². The maximum absolute atomic E-state index is 3.66. The van der Waals surface area contributed by atoms with Crippen LogP contribution in [0, 0.1) is 27.7 Å². The third-order valence-corrected chi connectivity index (χ3v) is 5.41. The second-order valence-electron chi connectivity index (χ2n) is 5.75. The van der Waals surface area contributed by atoms with Crippen LogP contribution in [0.2, 0.25) is 0 Å². The van der Waals surface area contributed by atoms with Crippen LogP contribution in [0.15, 0.2) is 34.8 Å². The zero-order valence-electron chi connectivity index (χ0n) is 13.5. The first-order valence-electron chi connectivity index (χ1n) is 7.51. The molecule has 0 saturated heterocycles. The molecule has 2 aromatic rings. The van der Waals surface area contributed by atoms with Crippen molar-refractivity contribution in [2.24, 2.45) is 0 Å². The number of nitrogens with one attached hydrogen (secondary N) is 1. The molecule has 0 amide bonds. The van der Waals surface area contributed by atoms with Crippen molar-refractivity contribution < 1.29 is 0 Å². The van der Waals surface area contributed by atoms with Gasteiger partial charge in [0.25, 0.3) is 0 Å². The van der Waals surface area contributed by atoms with E-state index in [9.17, 15) is 0 Å². The monoisotopic (exact) mass is 345 g/mol.